The molecule has 3 unspecified atom stereocenters. The van der Waals surface area contributed by atoms with Gasteiger partial charge in [-0.25, -0.2) is 9.37 Å². The highest BCUT2D eigenvalue weighted by molar-refractivity contribution is 6.34. The average Bonchev–Trinajstić information content (AvgIpc) is 3.66. The molecule has 0 aromatic carbocycles. The van der Waals surface area contributed by atoms with Crippen molar-refractivity contribution in [1.29, 1.82) is 0 Å². The Balaban J connectivity index is 0.000000381. The molecule has 48 heavy (non-hydrogen) atoms. The molecule has 0 spiro atoms. The van der Waals surface area contributed by atoms with E-state index >= 15 is 0 Å². The number of carbonyl (C=O) groups excluding carboxylic acids is 1. The highest BCUT2D eigenvalue weighted by atomic mass is 35.5. The average molecular weight is 696 g/mol. The first-order chi connectivity index (χ1) is 22.8. The van der Waals surface area contributed by atoms with Gasteiger partial charge in [0.2, 0.25) is 0 Å². The summed E-state index contributed by atoms with van der Waals surface area (Å²) in [4.78, 5) is 31.2. The number of nitrogen functional groups attached to an aromatic ring is 1. The fraction of sp³-hybridized carbons (Fsp3) is 0.581. The van der Waals surface area contributed by atoms with Crippen LogP contribution in [0.25, 0.3) is 0 Å². The molecule has 3 aromatic heterocycles. The molecule has 7 heterocycles. The van der Waals surface area contributed by atoms with Crippen LogP contribution in [-0.4, -0.2) is 93.5 Å². The Morgan fingerprint density at radius 3 is 2.65 bits per heavy atom. The molecule has 0 saturated carbocycles. The standard InChI is InChI=1S/C24H26ClF3N8O3.C7H12FN/c1-34(2)22(37)20-18(25)15-10-35(7-4-8-36(15)33-20)21-12-11-39-16(9-14(12)30-23(32-21)38-3)19-13(24(26,27)28)5-6-17(29)31-19;8-6-4-7-2-1-3-9(7)5-6/h5-6,16H,4,7-11H2,1-3H3,(H2,29,31);6-7H,1-5H2. The second-order valence-corrected chi connectivity index (χ2v) is 12.9. The van der Waals surface area contributed by atoms with E-state index in [4.69, 9.17) is 26.8 Å². The molecule has 0 aliphatic carbocycles. The number of amides is 1. The molecular weight excluding hydrogens is 658 g/mol. The summed E-state index contributed by atoms with van der Waals surface area (Å²) in [7, 11) is 4.66. The zero-order valence-corrected chi connectivity index (χ0v) is 27.7. The lowest BCUT2D eigenvalue weighted by molar-refractivity contribution is -0.140. The molecule has 3 atom stereocenters. The normalized spacial score (nSPS) is 22.2. The van der Waals surface area contributed by atoms with E-state index in [9.17, 15) is 22.4 Å². The number of hydrogen-bond donors (Lipinski definition) is 1. The number of aryl methyl sites for hydroxylation is 1. The zero-order chi connectivity index (χ0) is 34.3. The summed E-state index contributed by atoms with van der Waals surface area (Å²) in [5, 5.41) is 4.70. The molecule has 12 nitrogen and oxygen atoms in total. The summed E-state index contributed by atoms with van der Waals surface area (Å²) in [6.45, 7) is 3.20. The van der Waals surface area contributed by atoms with Crippen LogP contribution in [0, 0.1) is 0 Å². The van der Waals surface area contributed by atoms with Gasteiger partial charge in [-0.2, -0.15) is 28.2 Å². The number of ether oxygens (including phenoxy) is 2. The van der Waals surface area contributed by atoms with Gasteiger partial charge in [-0.3, -0.25) is 14.4 Å². The number of alkyl halides is 4. The molecule has 1 amide bonds. The van der Waals surface area contributed by atoms with Crippen molar-refractivity contribution >= 4 is 29.1 Å². The van der Waals surface area contributed by atoms with Crippen molar-refractivity contribution in [2.75, 3.05) is 51.5 Å². The summed E-state index contributed by atoms with van der Waals surface area (Å²) in [5.41, 5.74) is 6.43. The lowest BCUT2D eigenvalue weighted by Crippen LogP contribution is -2.29. The molecule has 2 saturated heterocycles. The van der Waals surface area contributed by atoms with Gasteiger partial charge >= 0.3 is 12.2 Å². The Morgan fingerprint density at radius 2 is 1.94 bits per heavy atom. The number of halogens is 5. The molecule has 2 fully saturated rings. The van der Waals surface area contributed by atoms with E-state index in [1.807, 2.05) is 4.90 Å². The van der Waals surface area contributed by atoms with Crippen molar-refractivity contribution in [3.05, 3.63) is 51.1 Å². The number of hydrogen-bond acceptors (Lipinski definition) is 10. The largest absolute Gasteiger partial charge is 0.467 e. The van der Waals surface area contributed by atoms with Crippen LogP contribution in [0.2, 0.25) is 5.02 Å². The van der Waals surface area contributed by atoms with Crippen LogP contribution in [0.3, 0.4) is 0 Å². The fourth-order valence-corrected chi connectivity index (χ4v) is 7.05. The number of nitrogens with two attached hydrogens (primary N) is 1. The van der Waals surface area contributed by atoms with E-state index in [-0.39, 0.29) is 53.7 Å². The Bertz CT molecular complexity index is 1660. The third-order valence-corrected chi connectivity index (χ3v) is 9.49. The summed E-state index contributed by atoms with van der Waals surface area (Å²) < 4.78 is 66.7. The maximum absolute atomic E-state index is 13.7. The van der Waals surface area contributed by atoms with Crippen LogP contribution < -0.4 is 15.4 Å². The minimum Gasteiger partial charge on any atom is -0.467 e. The Morgan fingerprint density at radius 1 is 1.15 bits per heavy atom. The van der Waals surface area contributed by atoms with E-state index < -0.39 is 24.0 Å². The molecule has 7 rings (SSSR count). The molecule has 2 N–H and O–H groups in total. The van der Waals surface area contributed by atoms with E-state index in [1.54, 1.807) is 18.8 Å². The first-order valence-corrected chi connectivity index (χ1v) is 16.2. The second kappa shape index (κ2) is 13.6. The van der Waals surface area contributed by atoms with Gasteiger partial charge in [-0.05, 0) is 44.4 Å². The maximum atomic E-state index is 13.7. The van der Waals surface area contributed by atoms with Crippen molar-refractivity contribution in [3.8, 4) is 6.01 Å². The van der Waals surface area contributed by atoms with Crippen molar-refractivity contribution in [3.63, 3.8) is 0 Å². The van der Waals surface area contributed by atoms with Crippen LogP contribution in [-0.2, 0) is 37.0 Å². The number of carbonyl (C=O) groups is 1. The highest BCUT2D eigenvalue weighted by Crippen LogP contribution is 2.41. The fourth-order valence-electron chi connectivity index (χ4n) is 6.77. The maximum Gasteiger partial charge on any atom is 0.418 e. The Labute approximate surface area is 280 Å². The number of nitrogens with zero attached hydrogens (tertiary/aromatic N) is 8. The van der Waals surface area contributed by atoms with Crippen molar-refractivity contribution in [2.24, 2.45) is 0 Å². The quantitative estimate of drug-likeness (QED) is 0.391. The third-order valence-electron chi connectivity index (χ3n) is 9.10. The zero-order valence-electron chi connectivity index (χ0n) is 26.9. The number of anilines is 2. The van der Waals surface area contributed by atoms with Gasteiger partial charge in [0.05, 0.1) is 47.9 Å². The van der Waals surface area contributed by atoms with Crippen molar-refractivity contribution < 1.29 is 31.8 Å². The van der Waals surface area contributed by atoms with Gasteiger partial charge < -0.3 is 25.0 Å². The van der Waals surface area contributed by atoms with Gasteiger partial charge in [-0.15, -0.1) is 0 Å². The first-order valence-electron chi connectivity index (χ1n) is 15.8. The van der Waals surface area contributed by atoms with E-state index in [2.05, 4.69) is 25.0 Å². The van der Waals surface area contributed by atoms with Crippen LogP contribution in [0.4, 0.5) is 29.2 Å². The summed E-state index contributed by atoms with van der Waals surface area (Å²) in [5.74, 6) is 0.164. The number of methoxy groups -OCH3 is 1. The number of pyridine rings is 1. The minimum absolute atomic E-state index is 0.00869. The molecule has 0 bridgehead atoms. The summed E-state index contributed by atoms with van der Waals surface area (Å²) in [6, 6.07) is 2.69. The summed E-state index contributed by atoms with van der Waals surface area (Å²) in [6.07, 6.45) is -2.16. The van der Waals surface area contributed by atoms with Crippen LogP contribution >= 0.6 is 11.6 Å². The van der Waals surface area contributed by atoms with Gasteiger partial charge in [-0.1, -0.05) is 11.6 Å². The lowest BCUT2D eigenvalue weighted by atomic mass is 9.99. The number of aromatic nitrogens is 5. The molecule has 0 radical (unpaired) electrons. The molecule has 4 aliphatic rings. The molecule has 260 valence electrons. The van der Waals surface area contributed by atoms with Gasteiger partial charge in [0.15, 0.2) is 5.69 Å². The molecule has 17 heteroatoms. The van der Waals surface area contributed by atoms with Gasteiger partial charge in [0.25, 0.3) is 5.91 Å². The minimum atomic E-state index is -4.63. The van der Waals surface area contributed by atoms with Crippen molar-refractivity contribution in [2.45, 2.75) is 76.3 Å². The first kappa shape index (κ1) is 34.1. The SMILES string of the molecule is COc1nc2c(c(N3CCCn4nc(C(=O)N(C)C)c(Cl)c4C3)n1)COC(c1nc(N)ccc1C(F)(F)F)C2.FC1CC2CCCN2C1. The molecule has 3 aromatic rings. The lowest BCUT2D eigenvalue weighted by Gasteiger charge is -2.30. The van der Waals surface area contributed by atoms with Crippen molar-refractivity contribution in [1.82, 2.24) is 34.5 Å². The molecule has 4 aliphatic heterocycles. The highest BCUT2D eigenvalue weighted by Gasteiger charge is 2.39. The second-order valence-electron chi connectivity index (χ2n) is 12.6. The predicted octanol–water partition coefficient (Wildman–Crippen LogP) is 4.45. The van der Waals surface area contributed by atoms with Gasteiger partial charge in [0, 0.05) is 51.8 Å². The van der Waals surface area contributed by atoms with Crippen LogP contribution in [0.5, 0.6) is 6.01 Å². The topological polar surface area (TPSA) is 128 Å². The third kappa shape index (κ3) is 6.87. The van der Waals surface area contributed by atoms with Crippen LogP contribution in [0.1, 0.15) is 70.5 Å². The van der Waals surface area contributed by atoms with E-state index in [1.165, 1.54) is 24.9 Å². The molecular formula is C31H38ClF4N9O3. The predicted molar refractivity (Wildman–Crippen MR) is 168 cm³/mol. The smallest absolute Gasteiger partial charge is 0.418 e. The monoisotopic (exact) mass is 695 g/mol. The Hall–Kier alpha value is -3.76. The van der Waals surface area contributed by atoms with Crippen LogP contribution in [0.15, 0.2) is 12.1 Å². The number of rotatable bonds is 4. The Kier molecular flexibility index (Phi) is 9.69. The number of fused-ring (bicyclic) bond motifs is 3. The summed E-state index contributed by atoms with van der Waals surface area (Å²) >= 11 is 6.61. The van der Waals surface area contributed by atoms with E-state index in [0.29, 0.717) is 54.9 Å². The van der Waals surface area contributed by atoms with E-state index in [0.717, 1.165) is 25.1 Å². The van der Waals surface area contributed by atoms with Gasteiger partial charge in [0.1, 0.15) is 23.9 Å².